The lowest BCUT2D eigenvalue weighted by molar-refractivity contribution is -0.143. The number of aromatic nitrogens is 2. The molecule has 0 atom stereocenters. The summed E-state index contributed by atoms with van der Waals surface area (Å²) in [5, 5.41) is 14.2. The van der Waals surface area contributed by atoms with Crippen molar-refractivity contribution in [1.29, 1.82) is 5.26 Å². The van der Waals surface area contributed by atoms with E-state index in [1.54, 1.807) is 36.4 Å². The quantitative estimate of drug-likeness (QED) is 0.153. The molecule has 0 aliphatic heterocycles. The van der Waals surface area contributed by atoms with Gasteiger partial charge in [0, 0.05) is 32.8 Å². The summed E-state index contributed by atoms with van der Waals surface area (Å²) >= 11 is 0. The van der Waals surface area contributed by atoms with Crippen molar-refractivity contribution in [1.82, 2.24) is 9.13 Å². The zero-order valence-corrected chi connectivity index (χ0v) is 34.7. The number of benzene rings is 9. The van der Waals surface area contributed by atoms with E-state index in [0.29, 0.717) is 22.5 Å². The molecule has 9 aromatic carbocycles. The van der Waals surface area contributed by atoms with Gasteiger partial charge in [0.05, 0.1) is 50.5 Å². The number of hydrogen-bond donors (Lipinski definition) is 0. The number of hydrogen-bond acceptors (Lipinski definition) is 1. The van der Waals surface area contributed by atoms with Crippen LogP contribution >= 0.6 is 0 Å². The number of rotatable bonds is 6. The second-order valence-electron chi connectivity index (χ2n) is 16.3. The molecule has 0 fully saturated rings. The van der Waals surface area contributed by atoms with Crippen LogP contribution in [-0.2, 0) is 12.4 Å². The van der Waals surface area contributed by atoms with Crippen molar-refractivity contribution in [3.05, 3.63) is 217 Å². The van der Waals surface area contributed by atoms with E-state index in [4.69, 9.17) is 0 Å². The molecule has 0 bridgehead atoms. The first-order valence-electron chi connectivity index (χ1n) is 21.1. The minimum atomic E-state index is -5.08. The van der Waals surface area contributed by atoms with Crippen molar-refractivity contribution < 1.29 is 26.3 Å². The van der Waals surface area contributed by atoms with Crippen LogP contribution in [0.25, 0.3) is 99.5 Å². The first kappa shape index (κ1) is 40.4. The Balaban J connectivity index is 1.22. The number of halogens is 6. The number of para-hydroxylation sites is 2. The molecular weight excluding hydrogens is 841 g/mol. The highest BCUT2D eigenvalue weighted by Gasteiger charge is 2.37. The van der Waals surface area contributed by atoms with Crippen LogP contribution in [0, 0.1) is 11.3 Å². The molecule has 0 spiro atoms. The zero-order chi connectivity index (χ0) is 45.3. The molecule has 0 unspecified atom stereocenters. The normalized spacial score (nSPS) is 12.1. The SMILES string of the molecule is N#Cc1ccc(-n2c3ccccc3c3cc(-c4ccccc4)ccc32)c(-c2cc(-n3c4ccccc4c4cc(-c5ccccc5)ccc43)ccc2-c2cc(C(F)(F)F)cc(C(F)(F)F)c2)c1. The van der Waals surface area contributed by atoms with Crippen LogP contribution < -0.4 is 0 Å². The summed E-state index contributed by atoms with van der Waals surface area (Å²) in [5.41, 5.74) is 6.55. The van der Waals surface area contributed by atoms with Gasteiger partial charge in [-0.1, -0.05) is 115 Å². The molecule has 0 saturated heterocycles. The molecule has 0 aliphatic rings. The highest BCUT2D eigenvalue weighted by Crippen LogP contribution is 2.46. The van der Waals surface area contributed by atoms with Gasteiger partial charge < -0.3 is 9.13 Å². The minimum absolute atomic E-state index is 0.117. The predicted octanol–water partition coefficient (Wildman–Crippen LogP) is 16.5. The average Bonchev–Trinajstić information content (AvgIpc) is 3.85. The van der Waals surface area contributed by atoms with Gasteiger partial charge in [-0.2, -0.15) is 31.6 Å². The van der Waals surface area contributed by atoms with Crippen LogP contribution in [0.4, 0.5) is 26.3 Å². The average molecular weight is 874 g/mol. The van der Waals surface area contributed by atoms with Gasteiger partial charge in [0.1, 0.15) is 0 Å². The minimum Gasteiger partial charge on any atom is -0.309 e. The van der Waals surface area contributed by atoms with Gasteiger partial charge in [-0.15, -0.1) is 0 Å². The summed E-state index contributed by atoms with van der Waals surface area (Å²) in [6.45, 7) is 0. The van der Waals surface area contributed by atoms with E-state index in [1.165, 1.54) is 0 Å². The summed E-state index contributed by atoms with van der Waals surface area (Å²) in [7, 11) is 0. The van der Waals surface area contributed by atoms with Gasteiger partial charge in [0.25, 0.3) is 0 Å². The molecule has 9 heteroatoms. The number of fused-ring (bicyclic) bond motifs is 6. The summed E-state index contributed by atoms with van der Waals surface area (Å²) in [6, 6.07) is 62.2. The van der Waals surface area contributed by atoms with Gasteiger partial charge in [-0.3, -0.25) is 0 Å². The van der Waals surface area contributed by atoms with E-state index in [0.717, 1.165) is 78.0 Å². The lowest BCUT2D eigenvalue weighted by Gasteiger charge is -2.21. The molecule has 318 valence electrons. The molecule has 0 N–H and O–H groups in total. The van der Waals surface area contributed by atoms with E-state index in [2.05, 4.69) is 22.8 Å². The van der Waals surface area contributed by atoms with Crippen molar-refractivity contribution in [3.8, 4) is 62.0 Å². The number of alkyl halides is 6. The molecule has 2 aromatic heterocycles. The smallest absolute Gasteiger partial charge is 0.309 e. The van der Waals surface area contributed by atoms with Crippen molar-refractivity contribution >= 4 is 43.6 Å². The Labute approximate surface area is 374 Å². The largest absolute Gasteiger partial charge is 0.416 e. The van der Waals surface area contributed by atoms with Crippen molar-refractivity contribution in [2.24, 2.45) is 0 Å². The summed E-state index contributed by atoms with van der Waals surface area (Å²) in [6.07, 6.45) is -10.2. The maximum atomic E-state index is 14.5. The lowest BCUT2D eigenvalue weighted by Crippen LogP contribution is -2.11. The van der Waals surface area contributed by atoms with Crippen LogP contribution in [0.15, 0.2) is 200 Å². The summed E-state index contributed by atoms with van der Waals surface area (Å²) < 4.78 is 91.3. The molecule has 11 aromatic rings. The monoisotopic (exact) mass is 873 g/mol. The third-order valence-corrected chi connectivity index (χ3v) is 12.4. The Kier molecular flexibility index (Phi) is 9.45. The summed E-state index contributed by atoms with van der Waals surface area (Å²) in [4.78, 5) is 0. The van der Waals surface area contributed by atoms with Crippen LogP contribution in [0.3, 0.4) is 0 Å². The Morgan fingerprint density at radius 1 is 0.348 bits per heavy atom. The van der Waals surface area contributed by atoms with E-state index in [1.807, 2.05) is 138 Å². The Morgan fingerprint density at radius 2 is 0.848 bits per heavy atom. The number of nitrogens with zero attached hydrogens (tertiary/aromatic N) is 3. The molecular formula is C57H33F6N3. The van der Waals surface area contributed by atoms with Gasteiger partial charge in [-0.25, -0.2) is 0 Å². The van der Waals surface area contributed by atoms with Gasteiger partial charge in [0.15, 0.2) is 0 Å². The van der Waals surface area contributed by atoms with Gasteiger partial charge in [0.2, 0.25) is 0 Å². The third kappa shape index (κ3) is 6.86. The molecule has 66 heavy (non-hydrogen) atoms. The molecule has 0 radical (unpaired) electrons. The second-order valence-corrected chi connectivity index (χ2v) is 16.3. The Morgan fingerprint density at radius 3 is 1.39 bits per heavy atom. The fourth-order valence-electron chi connectivity index (χ4n) is 9.38. The molecule has 0 saturated carbocycles. The molecule has 0 aliphatic carbocycles. The number of nitriles is 1. The fraction of sp³-hybridized carbons (Fsp3) is 0.0351. The van der Waals surface area contributed by atoms with Crippen LogP contribution in [0.1, 0.15) is 16.7 Å². The van der Waals surface area contributed by atoms with Crippen molar-refractivity contribution in [3.63, 3.8) is 0 Å². The fourth-order valence-corrected chi connectivity index (χ4v) is 9.38. The topological polar surface area (TPSA) is 33.6 Å². The molecule has 3 nitrogen and oxygen atoms in total. The highest BCUT2D eigenvalue weighted by molar-refractivity contribution is 6.12. The van der Waals surface area contributed by atoms with Crippen molar-refractivity contribution in [2.75, 3.05) is 0 Å². The predicted molar refractivity (Wildman–Crippen MR) is 252 cm³/mol. The zero-order valence-electron chi connectivity index (χ0n) is 34.7. The van der Waals surface area contributed by atoms with E-state index >= 15 is 0 Å². The standard InChI is InChI=1S/C57H33F6N3/c58-56(59,60)41-28-40(29-42(32-41)57(61,62)63)44-23-22-43(65-51-17-9-7-15-45(51)49-30-38(20-25-53(49)65)36-11-3-1-4-12-36)33-47(44)48-27-35(34-64)19-24-54(48)66-52-18-10-8-16-46(52)50-31-39(21-26-55(50)66)37-13-5-2-6-14-37/h1-33H. The Hall–Kier alpha value is -8.35. The van der Waals surface area contributed by atoms with Crippen LogP contribution in [0.5, 0.6) is 0 Å². The maximum absolute atomic E-state index is 14.5. The van der Waals surface area contributed by atoms with E-state index in [9.17, 15) is 31.6 Å². The Bertz CT molecular complexity index is 3710. The van der Waals surface area contributed by atoms with E-state index < -0.39 is 23.5 Å². The molecule has 0 amide bonds. The summed E-state index contributed by atoms with van der Waals surface area (Å²) in [5.74, 6) is 0. The van der Waals surface area contributed by atoms with Crippen molar-refractivity contribution in [2.45, 2.75) is 12.4 Å². The molecule has 11 rings (SSSR count). The lowest BCUT2D eigenvalue weighted by atomic mass is 9.90. The van der Waals surface area contributed by atoms with E-state index in [-0.39, 0.29) is 22.8 Å². The van der Waals surface area contributed by atoms with Crippen LogP contribution in [0.2, 0.25) is 0 Å². The third-order valence-electron chi connectivity index (χ3n) is 12.4. The van der Waals surface area contributed by atoms with Crippen LogP contribution in [-0.4, -0.2) is 9.13 Å². The molecule has 2 heterocycles. The van der Waals surface area contributed by atoms with Gasteiger partial charge >= 0.3 is 12.4 Å². The highest BCUT2D eigenvalue weighted by atomic mass is 19.4. The van der Waals surface area contributed by atoms with Gasteiger partial charge in [-0.05, 0) is 124 Å². The first-order chi connectivity index (χ1) is 31.9. The first-order valence-corrected chi connectivity index (χ1v) is 21.1. The second kappa shape index (κ2) is 15.4. The maximum Gasteiger partial charge on any atom is 0.416 e.